The van der Waals surface area contributed by atoms with Gasteiger partial charge in [0.15, 0.2) is 17.5 Å². The molecule has 0 fully saturated rings. The number of aromatic nitrogens is 5. The second-order valence-corrected chi connectivity index (χ2v) is 16.5. The van der Waals surface area contributed by atoms with Gasteiger partial charge in [0.2, 0.25) is 0 Å². The molecule has 0 atom stereocenters. The number of nitrogens with zero attached hydrogens (tertiary/aromatic N) is 5. The molecule has 0 aliphatic carbocycles. The van der Waals surface area contributed by atoms with Crippen molar-refractivity contribution in [2.45, 2.75) is 0 Å². The molecular formula is C56H35N5S. The van der Waals surface area contributed by atoms with E-state index in [2.05, 4.69) is 144 Å². The zero-order chi connectivity index (χ0) is 41.0. The largest absolute Gasteiger partial charge is 0.309 e. The summed E-state index contributed by atoms with van der Waals surface area (Å²) in [6.07, 6.45) is 2.00. The summed E-state index contributed by atoms with van der Waals surface area (Å²) in [5.74, 6) is 1.78. The van der Waals surface area contributed by atoms with Gasteiger partial charge in [0.1, 0.15) is 0 Å². The van der Waals surface area contributed by atoms with Gasteiger partial charge < -0.3 is 4.57 Å². The molecule has 290 valence electrons. The van der Waals surface area contributed by atoms with Gasteiger partial charge in [-0.2, -0.15) is 0 Å². The van der Waals surface area contributed by atoms with Crippen molar-refractivity contribution in [3.8, 4) is 73.4 Å². The predicted octanol–water partition coefficient (Wildman–Crippen LogP) is 14.7. The maximum absolute atomic E-state index is 5.37. The van der Waals surface area contributed by atoms with Crippen LogP contribution in [-0.2, 0) is 0 Å². The first-order chi connectivity index (χ1) is 30.7. The van der Waals surface area contributed by atoms with E-state index in [-0.39, 0.29) is 0 Å². The number of pyridine rings is 1. The second-order valence-electron chi connectivity index (χ2n) is 15.4. The van der Waals surface area contributed by atoms with Crippen molar-refractivity contribution < 1.29 is 0 Å². The van der Waals surface area contributed by atoms with Crippen LogP contribution >= 0.6 is 11.3 Å². The van der Waals surface area contributed by atoms with Crippen LogP contribution in [0, 0.1) is 0 Å². The Balaban J connectivity index is 1.10. The van der Waals surface area contributed by atoms with Gasteiger partial charge >= 0.3 is 0 Å². The summed E-state index contributed by atoms with van der Waals surface area (Å²) in [4.78, 5) is 20.9. The summed E-state index contributed by atoms with van der Waals surface area (Å²) >= 11 is 1.81. The predicted molar refractivity (Wildman–Crippen MR) is 257 cm³/mol. The Morgan fingerprint density at radius 2 is 0.919 bits per heavy atom. The molecule has 4 heterocycles. The van der Waals surface area contributed by atoms with E-state index in [0.717, 1.165) is 55.9 Å². The Bertz CT molecular complexity index is 3560. The number of para-hydroxylation sites is 2. The summed E-state index contributed by atoms with van der Waals surface area (Å²) in [7, 11) is 0. The van der Waals surface area contributed by atoms with E-state index in [0.29, 0.717) is 17.5 Å². The number of rotatable bonds is 7. The highest BCUT2D eigenvalue weighted by Crippen LogP contribution is 2.45. The summed E-state index contributed by atoms with van der Waals surface area (Å²) in [6, 6.07) is 72.3. The monoisotopic (exact) mass is 809 g/mol. The normalized spacial score (nSPS) is 11.5. The van der Waals surface area contributed by atoms with E-state index < -0.39 is 0 Å². The molecule has 0 saturated heterocycles. The van der Waals surface area contributed by atoms with E-state index in [4.69, 9.17) is 19.9 Å². The molecule has 5 nitrogen and oxygen atoms in total. The maximum Gasteiger partial charge on any atom is 0.166 e. The highest BCUT2D eigenvalue weighted by molar-refractivity contribution is 7.26. The topological polar surface area (TPSA) is 56.5 Å². The lowest BCUT2D eigenvalue weighted by Gasteiger charge is -2.14. The minimum Gasteiger partial charge on any atom is -0.309 e. The smallest absolute Gasteiger partial charge is 0.166 e. The minimum absolute atomic E-state index is 0.563. The van der Waals surface area contributed by atoms with Crippen LogP contribution in [0.2, 0.25) is 0 Å². The summed E-state index contributed by atoms with van der Waals surface area (Å²) in [5.41, 5.74) is 12.4. The third-order valence-electron chi connectivity index (χ3n) is 11.7. The molecule has 0 N–H and O–H groups in total. The van der Waals surface area contributed by atoms with Crippen LogP contribution < -0.4 is 0 Å². The minimum atomic E-state index is 0.563. The van der Waals surface area contributed by atoms with E-state index in [1.165, 1.54) is 42.0 Å². The molecule has 6 heteroatoms. The fourth-order valence-corrected chi connectivity index (χ4v) is 9.98. The Hall–Kier alpha value is -8.06. The first-order valence-corrected chi connectivity index (χ1v) is 21.5. The third kappa shape index (κ3) is 6.16. The average Bonchev–Trinajstić information content (AvgIpc) is 3.89. The number of benzene rings is 8. The van der Waals surface area contributed by atoms with Crippen LogP contribution in [0.4, 0.5) is 0 Å². The summed E-state index contributed by atoms with van der Waals surface area (Å²) in [6.45, 7) is 0. The van der Waals surface area contributed by atoms with Gasteiger partial charge in [0, 0.05) is 70.6 Å². The van der Waals surface area contributed by atoms with Crippen molar-refractivity contribution in [2.75, 3.05) is 0 Å². The van der Waals surface area contributed by atoms with Crippen LogP contribution in [0.5, 0.6) is 0 Å². The van der Waals surface area contributed by atoms with Crippen molar-refractivity contribution in [1.82, 2.24) is 24.5 Å². The van der Waals surface area contributed by atoms with E-state index in [1.54, 1.807) is 0 Å². The Kier molecular flexibility index (Phi) is 8.61. The number of fused-ring (bicyclic) bond motifs is 6. The summed E-state index contributed by atoms with van der Waals surface area (Å²) < 4.78 is 4.77. The fraction of sp³-hybridized carbons (Fsp3) is 0. The summed E-state index contributed by atoms with van der Waals surface area (Å²) in [5, 5.41) is 4.89. The van der Waals surface area contributed by atoms with Gasteiger partial charge in [-0.1, -0.05) is 164 Å². The zero-order valence-corrected chi connectivity index (χ0v) is 34.2. The van der Waals surface area contributed by atoms with Crippen LogP contribution in [0.3, 0.4) is 0 Å². The molecule has 0 spiro atoms. The molecule has 0 aliphatic rings. The van der Waals surface area contributed by atoms with E-state index in [1.807, 2.05) is 84.3 Å². The first-order valence-electron chi connectivity index (χ1n) is 20.7. The van der Waals surface area contributed by atoms with Crippen molar-refractivity contribution in [1.29, 1.82) is 0 Å². The van der Waals surface area contributed by atoms with Crippen molar-refractivity contribution in [3.63, 3.8) is 0 Å². The lowest BCUT2D eigenvalue weighted by atomic mass is 9.96. The molecule has 62 heavy (non-hydrogen) atoms. The van der Waals surface area contributed by atoms with Crippen LogP contribution in [0.15, 0.2) is 212 Å². The standard InChI is InChI=1S/C56H35N5S/c1-5-17-36(18-6-1)39-23-15-24-40(31-39)41-32-48(56-59-54(37-19-7-2-8-20-37)58-55(60-56)38-21-9-3-10-22-38)52(57-35-41)45-29-16-28-44-47-33-46-43-27-13-14-30-49(43)61(42-25-11-4-12-26-42)50(46)34-51(47)62-53(44)45/h1-35H. The average molecular weight is 810 g/mol. The molecule has 12 aromatic rings. The molecule has 0 amide bonds. The lowest BCUT2D eigenvalue weighted by molar-refractivity contribution is 1.07. The Morgan fingerprint density at radius 1 is 0.355 bits per heavy atom. The molecule has 8 aromatic carbocycles. The Morgan fingerprint density at radius 3 is 1.63 bits per heavy atom. The second kappa shape index (κ2) is 14.9. The first kappa shape index (κ1) is 35.8. The Labute approximate surface area is 361 Å². The van der Waals surface area contributed by atoms with E-state index in [9.17, 15) is 0 Å². The molecular weight excluding hydrogens is 775 g/mol. The van der Waals surface area contributed by atoms with Crippen molar-refractivity contribution in [3.05, 3.63) is 212 Å². The van der Waals surface area contributed by atoms with Gasteiger partial charge in [-0.3, -0.25) is 4.98 Å². The third-order valence-corrected chi connectivity index (χ3v) is 12.9. The van der Waals surface area contributed by atoms with Gasteiger partial charge in [0.25, 0.3) is 0 Å². The molecule has 0 saturated carbocycles. The van der Waals surface area contributed by atoms with Crippen LogP contribution in [0.1, 0.15) is 0 Å². The molecule has 0 unspecified atom stereocenters. The molecule has 4 aromatic heterocycles. The maximum atomic E-state index is 5.37. The van der Waals surface area contributed by atoms with Gasteiger partial charge in [-0.25, -0.2) is 15.0 Å². The van der Waals surface area contributed by atoms with E-state index >= 15 is 0 Å². The van der Waals surface area contributed by atoms with Crippen molar-refractivity contribution >= 4 is 53.3 Å². The van der Waals surface area contributed by atoms with Gasteiger partial charge in [0.05, 0.1) is 16.7 Å². The number of hydrogen-bond acceptors (Lipinski definition) is 5. The van der Waals surface area contributed by atoms with Crippen LogP contribution in [-0.4, -0.2) is 24.5 Å². The van der Waals surface area contributed by atoms with Crippen molar-refractivity contribution in [2.24, 2.45) is 0 Å². The number of thiophene rings is 1. The van der Waals surface area contributed by atoms with Gasteiger partial charge in [-0.15, -0.1) is 11.3 Å². The van der Waals surface area contributed by atoms with Gasteiger partial charge in [-0.05, 0) is 59.2 Å². The molecule has 0 radical (unpaired) electrons. The fourth-order valence-electron chi connectivity index (χ4n) is 8.75. The molecule has 0 aliphatic heterocycles. The highest BCUT2D eigenvalue weighted by atomic mass is 32.1. The molecule has 12 rings (SSSR count). The SMILES string of the molecule is c1ccc(-c2cccc(-c3cnc(-c4cccc5c4sc4cc6c(cc45)c4ccccc4n6-c4ccccc4)c(-c4nc(-c5ccccc5)nc(-c5ccccc5)n4)c3)c2)cc1. The molecule has 0 bridgehead atoms. The van der Waals surface area contributed by atoms with Crippen LogP contribution in [0.25, 0.3) is 115 Å². The lowest BCUT2D eigenvalue weighted by Crippen LogP contribution is -2.02. The highest BCUT2D eigenvalue weighted by Gasteiger charge is 2.22. The zero-order valence-electron chi connectivity index (χ0n) is 33.4. The number of hydrogen-bond donors (Lipinski definition) is 0. The quantitative estimate of drug-likeness (QED) is 0.161.